The molecule has 10 nitrogen and oxygen atoms in total. The number of nitrogen functional groups attached to an aromatic ring is 1. The molecule has 3 N–H and O–H groups in total. The van der Waals surface area contributed by atoms with Crippen molar-refractivity contribution in [3.05, 3.63) is 120 Å². The standard InChI is InChI=1S/C20H18F3N3O2S.C13H14F3N3S.C7H5ClO2.BrH/c1-12-16(13-9-10-24-15(11-13)19(2,3)20(21,22)23)29-17(25-12)26-18(27)28-14-7-5-4-6-8-14;1-7-10(20-11(17)19-7)8-4-5-18-9(6-8)12(2,3)13(14,15)16;8-7(9)10-6-4-2-1-3-5-6;/h4-11H,1-3H3,(H,25,26,27);4-6H,1-3H3,(H2,17,19);1-5H;1H. The van der Waals surface area contributed by atoms with E-state index in [0.29, 0.717) is 44.0 Å². The molecular weight excluding hydrogens is 922 g/mol. The maximum Gasteiger partial charge on any atom is 0.418 e. The Morgan fingerprint density at radius 2 is 1.08 bits per heavy atom. The molecule has 0 bridgehead atoms. The number of aryl methyl sites for hydroxylation is 2. The van der Waals surface area contributed by atoms with E-state index < -0.39 is 34.7 Å². The van der Waals surface area contributed by atoms with E-state index in [1.165, 1.54) is 35.9 Å². The van der Waals surface area contributed by atoms with Crippen LogP contribution in [0.3, 0.4) is 0 Å². The van der Waals surface area contributed by atoms with Crippen molar-refractivity contribution < 1.29 is 45.4 Å². The van der Waals surface area contributed by atoms with E-state index in [1.807, 2.05) is 6.07 Å². The molecule has 0 aliphatic heterocycles. The second-order valence-electron chi connectivity index (χ2n) is 13.5. The zero-order valence-electron chi connectivity index (χ0n) is 32.6. The van der Waals surface area contributed by atoms with Crippen LogP contribution in [0.2, 0.25) is 0 Å². The number of aromatic nitrogens is 4. The summed E-state index contributed by atoms with van der Waals surface area (Å²) < 4.78 is 88.9. The predicted molar refractivity (Wildman–Crippen MR) is 227 cm³/mol. The van der Waals surface area contributed by atoms with Crippen molar-refractivity contribution in [2.24, 2.45) is 0 Å². The Balaban J connectivity index is 0.000000267. The number of nitrogens with one attached hydrogen (secondary N) is 1. The fraction of sp³-hybridized carbons (Fsp3) is 0.250. The number of carbonyl (C=O) groups excluding carboxylic acids is 2. The summed E-state index contributed by atoms with van der Waals surface area (Å²) in [6.07, 6.45) is -6.78. The molecule has 6 aromatic rings. The van der Waals surface area contributed by atoms with E-state index >= 15 is 0 Å². The van der Waals surface area contributed by atoms with Gasteiger partial charge < -0.3 is 15.2 Å². The summed E-state index contributed by atoms with van der Waals surface area (Å²) in [5, 5.41) is 3.22. The number of ether oxygens (including phenoxy) is 2. The van der Waals surface area contributed by atoms with Crippen molar-refractivity contribution in [3.8, 4) is 32.4 Å². The number of hydrogen-bond donors (Lipinski definition) is 2. The second-order valence-corrected chi connectivity index (χ2v) is 15.8. The number of alkyl halides is 6. The lowest BCUT2D eigenvalue weighted by Crippen LogP contribution is -2.37. The van der Waals surface area contributed by atoms with Crippen molar-refractivity contribution >= 4 is 73.0 Å². The molecule has 6 rings (SSSR count). The van der Waals surface area contributed by atoms with E-state index in [0.717, 1.165) is 43.9 Å². The Bertz CT molecular complexity index is 2360. The molecule has 0 aliphatic rings. The summed E-state index contributed by atoms with van der Waals surface area (Å²) in [6, 6.07) is 23.3. The lowest BCUT2D eigenvalue weighted by atomic mass is 9.87. The zero-order valence-corrected chi connectivity index (χ0v) is 36.7. The molecule has 0 fully saturated rings. The van der Waals surface area contributed by atoms with Crippen molar-refractivity contribution in [3.63, 3.8) is 0 Å². The van der Waals surface area contributed by atoms with Crippen LogP contribution in [-0.2, 0) is 10.8 Å². The molecule has 20 heteroatoms. The van der Waals surface area contributed by atoms with E-state index in [1.54, 1.807) is 80.6 Å². The zero-order chi connectivity index (χ0) is 43.8. The molecule has 1 amide bonds. The fourth-order valence-electron chi connectivity index (χ4n) is 4.81. The van der Waals surface area contributed by atoms with Crippen molar-refractivity contribution in [1.29, 1.82) is 0 Å². The quantitative estimate of drug-likeness (QED) is 0.118. The van der Waals surface area contributed by atoms with E-state index in [4.69, 9.17) is 22.1 Å². The van der Waals surface area contributed by atoms with Gasteiger partial charge in [-0.05, 0) is 101 Å². The van der Waals surface area contributed by atoms with Gasteiger partial charge in [0, 0.05) is 24.0 Å². The van der Waals surface area contributed by atoms with E-state index in [9.17, 15) is 35.9 Å². The van der Waals surface area contributed by atoms with Gasteiger partial charge in [-0.15, -0.1) is 17.0 Å². The molecule has 0 saturated heterocycles. The van der Waals surface area contributed by atoms with Crippen molar-refractivity contribution in [1.82, 2.24) is 19.9 Å². The molecule has 4 heterocycles. The normalized spacial score (nSPS) is 11.5. The van der Waals surface area contributed by atoms with Crippen LogP contribution < -0.4 is 20.5 Å². The summed E-state index contributed by atoms with van der Waals surface area (Å²) >= 11 is 7.35. The number of para-hydroxylation sites is 2. The van der Waals surface area contributed by atoms with Gasteiger partial charge in [-0.3, -0.25) is 15.3 Å². The SMILES string of the molecule is Br.Cc1nc(N)sc1-c1ccnc(C(C)(C)C(F)(F)F)c1.Cc1nc(NC(=O)Oc2ccccc2)sc1-c1ccnc(C(C)(C)C(F)(F)F)c1.O=C(Cl)Oc1ccccc1. The lowest BCUT2D eigenvalue weighted by Gasteiger charge is -2.27. The molecule has 4 aromatic heterocycles. The lowest BCUT2D eigenvalue weighted by molar-refractivity contribution is -0.181. The maximum absolute atomic E-state index is 13.3. The van der Waals surface area contributed by atoms with Crippen molar-refractivity contribution in [2.75, 3.05) is 11.1 Å². The van der Waals surface area contributed by atoms with Crippen LogP contribution in [0.5, 0.6) is 11.5 Å². The van der Waals surface area contributed by atoms with Gasteiger partial charge in [0.2, 0.25) is 0 Å². The van der Waals surface area contributed by atoms with Crippen LogP contribution in [0.1, 0.15) is 50.5 Å². The molecule has 2 aromatic carbocycles. The highest BCUT2D eigenvalue weighted by Crippen LogP contribution is 2.43. The fourth-order valence-corrected chi connectivity index (χ4v) is 6.68. The number of rotatable bonds is 7. The van der Waals surface area contributed by atoms with Crippen LogP contribution in [0.25, 0.3) is 20.9 Å². The molecule has 0 atom stereocenters. The van der Waals surface area contributed by atoms with Gasteiger partial charge in [0.1, 0.15) is 22.3 Å². The summed E-state index contributed by atoms with van der Waals surface area (Å²) in [6.45, 7) is 7.90. The molecule has 0 unspecified atom stereocenters. The number of anilines is 2. The smallest absolute Gasteiger partial charge is 0.415 e. The van der Waals surface area contributed by atoms with Crippen LogP contribution in [0.15, 0.2) is 97.3 Å². The Kier molecular flexibility index (Phi) is 16.8. The Morgan fingerprint density at radius 3 is 1.48 bits per heavy atom. The first-order chi connectivity index (χ1) is 27.5. The third kappa shape index (κ3) is 12.9. The first kappa shape index (κ1) is 49.3. The highest BCUT2D eigenvalue weighted by molar-refractivity contribution is 8.93. The number of nitrogens with zero attached hydrogens (tertiary/aromatic N) is 4. The monoisotopic (exact) mass is 958 g/mol. The molecule has 0 saturated carbocycles. The van der Waals surface area contributed by atoms with Gasteiger partial charge in [0.15, 0.2) is 10.3 Å². The minimum Gasteiger partial charge on any atom is -0.415 e. The minimum atomic E-state index is -4.44. The van der Waals surface area contributed by atoms with E-state index in [-0.39, 0.29) is 33.5 Å². The second kappa shape index (κ2) is 20.4. The van der Waals surface area contributed by atoms with Gasteiger partial charge in [-0.25, -0.2) is 19.6 Å². The number of nitrogens with two attached hydrogens (primary N) is 1. The molecular formula is C40H38BrClF6N6O4S2. The molecule has 0 aliphatic carbocycles. The van der Waals surface area contributed by atoms with E-state index in [2.05, 4.69) is 30.0 Å². The number of pyridine rings is 2. The number of benzene rings is 2. The number of halogens is 8. The number of amides is 1. The van der Waals surface area contributed by atoms with Crippen LogP contribution in [-0.4, -0.2) is 43.8 Å². The Hall–Kier alpha value is -5.11. The topological polar surface area (TPSA) is 142 Å². The first-order valence-corrected chi connectivity index (χ1v) is 19.2. The molecule has 60 heavy (non-hydrogen) atoms. The Morgan fingerprint density at radius 1 is 0.667 bits per heavy atom. The molecule has 320 valence electrons. The van der Waals surface area contributed by atoms with Gasteiger partial charge >= 0.3 is 23.9 Å². The van der Waals surface area contributed by atoms with Gasteiger partial charge in [-0.1, -0.05) is 59.1 Å². The van der Waals surface area contributed by atoms with Gasteiger partial charge in [0.05, 0.1) is 32.5 Å². The maximum atomic E-state index is 13.3. The Labute approximate surface area is 365 Å². The van der Waals surface area contributed by atoms with Crippen LogP contribution >= 0.6 is 51.3 Å². The number of carbonyl (C=O) groups is 2. The summed E-state index contributed by atoms with van der Waals surface area (Å²) in [5.74, 6) is 0.842. The van der Waals surface area contributed by atoms with Crippen LogP contribution in [0.4, 0.5) is 46.2 Å². The molecule has 0 radical (unpaired) electrons. The summed E-state index contributed by atoms with van der Waals surface area (Å²) in [5.41, 5.74) is 3.08. The summed E-state index contributed by atoms with van der Waals surface area (Å²) in [7, 11) is 0. The third-order valence-corrected chi connectivity index (χ3v) is 10.7. The average Bonchev–Trinajstić information content (AvgIpc) is 3.70. The minimum absolute atomic E-state index is 0. The van der Waals surface area contributed by atoms with Crippen LogP contribution in [0, 0.1) is 13.8 Å². The molecule has 0 spiro atoms. The largest absolute Gasteiger partial charge is 0.418 e. The highest BCUT2D eigenvalue weighted by Gasteiger charge is 2.50. The predicted octanol–water partition coefficient (Wildman–Crippen LogP) is 12.9. The van der Waals surface area contributed by atoms with Gasteiger partial charge in [-0.2, -0.15) is 26.3 Å². The summed E-state index contributed by atoms with van der Waals surface area (Å²) in [4.78, 5) is 39.7. The third-order valence-electron chi connectivity index (χ3n) is 8.46. The number of hydrogen-bond acceptors (Lipinski definition) is 11. The first-order valence-electron chi connectivity index (χ1n) is 17.2. The number of thiazole rings is 2. The average molecular weight is 960 g/mol. The highest BCUT2D eigenvalue weighted by atomic mass is 79.9. The van der Waals surface area contributed by atoms with Crippen molar-refractivity contribution in [2.45, 2.75) is 64.7 Å². The van der Waals surface area contributed by atoms with Gasteiger partial charge in [0.25, 0.3) is 0 Å².